The van der Waals surface area contributed by atoms with Gasteiger partial charge >= 0.3 is 6.18 Å². The molecule has 2 aliphatic rings. The normalized spacial score (nSPS) is 18.6. The number of nitrogens with one attached hydrogen (secondary N) is 1. The SMILES string of the molecule is CN1CCN(Cc2ccc(Nc3ncc(F)c(-c4cc(F)c5nc6n(c5c4)C(C(F)(F)F)CC6)n3)nc2)CC1. The minimum Gasteiger partial charge on any atom is -0.316 e. The van der Waals surface area contributed by atoms with Crippen molar-refractivity contribution in [2.24, 2.45) is 0 Å². The lowest BCUT2D eigenvalue weighted by molar-refractivity contribution is -0.164. The lowest BCUT2D eigenvalue weighted by Crippen LogP contribution is -2.43. The molecule has 4 aromatic rings. The lowest BCUT2D eigenvalue weighted by Gasteiger charge is -2.32. The van der Waals surface area contributed by atoms with Crippen LogP contribution in [0.2, 0.25) is 0 Å². The first-order valence-electron chi connectivity index (χ1n) is 12.6. The Morgan fingerprint density at radius 3 is 2.49 bits per heavy atom. The maximum Gasteiger partial charge on any atom is 0.409 e. The van der Waals surface area contributed by atoms with Crippen molar-refractivity contribution in [1.82, 2.24) is 34.3 Å². The van der Waals surface area contributed by atoms with Crippen molar-refractivity contribution in [3.05, 3.63) is 59.7 Å². The van der Waals surface area contributed by atoms with Gasteiger partial charge in [0.05, 0.1) is 11.7 Å². The largest absolute Gasteiger partial charge is 0.409 e. The first-order chi connectivity index (χ1) is 18.7. The third-order valence-electron chi connectivity index (χ3n) is 7.24. The minimum atomic E-state index is -4.52. The number of piperazine rings is 1. The predicted octanol–water partition coefficient (Wildman–Crippen LogP) is 4.71. The highest BCUT2D eigenvalue weighted by Gasteiger charge is 2.45. The molecule has 39 heavy (non-hydrogen) atoms. The van der Waals surface area contributed by atoms with Crippen LogP contribution in [-0.2, 0) is 13.0 Å². The van der Waals surface area contributed by atoms with Gasteiger partial charge in [0.1, 0.15) is 28.9 Å². The van der Waals surface area contributed by atoms with E-state index in [9.17, 15) is 22.0 Å². The number of hydrogen-bond acceptors (Lipinski definition) is 7. The fourth-order valence-corrected chi connectivity index (χ4v) is 5.17. The molecule has 1 N–H and O–H groups in total. The zero-order valence-electron chi connectivity index (χ0n) is 21.0. The van der Waals surface area contributed by atoms with E-state index in [1.807, 2.05) is 6.07 Å². The summed E-state index contributed by atoms with van der Waals surface area (Å²) in [5.41, 5.74) is 0.535. The Kier molecular flexibility index (Phi) is 6.42. The van der Waals surface area contributed by atoms with E-state index in [2.05, 4.69) is 42.1 Å². The third-order valence-corrected chi connectivity index (χ3v) is 7.24. The Balaban J connectivity index is 1.25. The molecule has 0 radical (unpaired) electrons. The highest BCUT2D eigenvalue weighted by molar-refractivity contribution is 5.83. The van der Waals surface area contributed by atoms with Gasteiger partial charge in [-0.05, 0) is 37.2 Å². The molecule has 0 saturated carbocycles. The highest BCUT2D eigenvalue weighted by Crippen LogP contribution is 2.42. The number of likely N-dealkylation sites (N-methyl/N-ethyl adjacent to an activating group) is 1. The van der Waals surface area contributed by atoms with Crippen LogP contribution in [0.4, 0.5) is 33.7 Å². The average molecular weight is 545 g/mol. The van der Waals surface area contributed by atoms with Gasteiger partial charge in [-0.2, -0.15) is 13.2 Å². The first-order valence-corrected chi connectivity index (χ1v) is 12.6. The molecule has 0 aliphatic carbocycles. The van der Waals surface area contributed by atoms with E-state index in [1.165, 1.54) is 6.07 Å². The molecule has 1 saturated heterocycles. The number of aryl methyl sites for hydroxylation is 1. The van der Waals surface area contributed by atoms with Crippen molar-refractivity contribution in [2.45, 2.75) is 31.6 Å². The molecular weight excluding hydrogens is 519 g/mol. The van der Waals surface area contributed by atoms with E-state index < -0.39 is 23.9 Å². The van der Waals surface area contributed by atoms with Crippen LogP contribution >= 0.6 is 0 Å². The van der Waals surface area contributed by atoms with E-state index in [-0.39, 0.29) is 46.9 Å². The van der Waals surface area contributed by atoms with Crippen LogP contribution in [0.15, 0.2) is 36.7 Å². The lowest BCUT2D eigenvalue weighted by atomic mass is 10.1. The number of anilines is 2. The second kappa shape index (κ2) is 9.79. The van der Waals surface area contributed by atoms with Crippen LogP contribution in [0, 0.1) is 11.6 Å². The molecule has 1 aromatic carbocycles. The van der Waals surface area contributed by atoms with Gasteiger partial charge in [-0.15, -0.1) is 0 Å². The molecule has 5 heterocycles. The summed E-state index contributed by atoms with van der Waals surface area (Å²) in [4.78, 5) is 21.2. The standard InChI is InChI=1S/C26H25F5N8/c1-37-6-8-38(9-7-37)14-15-2-4-21(32-12-15)34-25-33-13-18(28)23(36-25)16-10-17(27)24-19(11-16)39-20(26(29,30)31)3-5-22(39)35-24/h2,4,10-13,20H,3,5-9,14H2,1H3,(H,32,33,34,36). The highest BCUT2D eigenvalue weighted by atomic mass is 19.4. The molecule has 3 aromatic heterocycles. The van der Waals surface area contributed by atoms with E-state index in [4.69, 9.17) is 0 Å². The summed E-state index contributed by atoms with van der Waals surface area (Å²) >= 11 is 0. The van der Waals surface area contributed by atoms with Gasteiger partial charge in [-0.3, -0.25) is 4.90 Å². The molecule has 0 spiro atoms. The summed E-state index contributed by atoms with van der Waals surface area (Å²) in [6, 6.07) is 4.19. The fourth-order valence-electron chi connectivity index (χ4n) is 5.17. The summed E-state index contributed by atoms with van der Waals surface area (Å²) in [6.45, 7) is 4.77. The Bertz CT molecular complexity index is 1510. The number of halogens is 5. The van der Waals surface area contributed by atoms with Crippen molar-refractivity contribution in [1.29, 1.82) is 0 Å². The minimum absolute atomic E-state index is 0.0119. The van der Waals surface area contributed by atoms with Gasteiger partial charge in [-0.1, -0.05) is 6.07 Å². The average Bonchev–Trinajstić information content (AvgIpc) is 3.48. The summed E-state index contributed by atoms with van der Waals surface area (Å²) in [7, 11) is 2.10. The second-order valence-corrected chi connectivity index (χ2v) is 9.97. The van der Waals surface area contributed by atoms with Crippen LogP contribution in [0.1, 0.15) is 23.9 Å². The number of fused-ring (bicyclic) bond motifs is 3. The van der Waals surface area contributed by atoms with Crippen LogP contribution < -0.4 is 5.32 Å². The molecule has 0 amide bonds. The Morgan fingerprint density at radius 1 is 0.974 bits per heavy atom. The molecule has 6 rings (SSSR count). The number of hydrogen-bond donors (Lipinski definition) is 1. The molecule has 8 nitrogen and oxygen atoms in total. The zero-order valence-corrected chi connectivity index (χ0v) is 21.0. The second-order valence-electron chi connectivity index (χ2n) is 9.97. The maximum absolute atomic E-state index is 15.0. The maximum atomic E-state index is 15.0. The molecule has 1 unspecified atom stereocenters. The molecule has 2 aliphatic heterocycles. The summed E-state index contributed by atoms with van der Waals surface area (Å²) in [6.07, 6.45) is -1.95. The number of alkyl halides is 3. The zero-order chi connectivity index (χ0) is 27.3. The first kappa shape index (κ1) is 25.6. The van der Waals surface area contributed by atoms with Gasteiger partial charge in [0.2, 0.25) is 5.95 Å². The monoisotopic (exact) mass is 544 g/mol. The number of pyridine rings is 1. The van der Waals surface area contributed by atoms with Crippen molar-refractivity contribution < 1.29 is 22.0 Å². The summed E-state index contributed by atoms with van der Waals surface area (Å²) < 4.78 is 71.6. The topological polar surface area (TPSA) is 75.0 Å². The van der Waals surface area contributed by atoms with Gasteiger partial charge in [0.15, 0.2) is 11.6 Å². The van der Waals surface area contributed by atoms with Crippen LogP contribution in [0.3, 0.4) is 0 Å². The quantitative estimate of drug-likeness (QED) is 0.365. The Morgan fingerprint density at radius 2 is 1.77 bits per heavy atom. The Labute approximate surface area is 220 Å². The molecule has 0 bridgehead atoms. The van der Waals surface area contributed by atoms with Crippen molar-refractivity contribution in [3.63, 3.8) is 0 Å². The van der Waals surface area contributed by atoms with Gasteiger partial charge in [-0.25, -0.2) is 28.7 Å². The van der Waals surface area contributed by atoms with Crippen molar-refractivity contribution in [2.75, 3.05) is 38.5 Å². The van der Waals surface area contributed by atoms with Gasteiger partial charge in [0.25, 0.3) is 0 Å². The third kappa shape index (κ3) is 5.03. The van der Waals surface area contributed by atoms with Crippen LogP contribution in [0.25, 0.3) is 22.3 Å². The number of imidazole rings is 1. The smallest absolute Gasteiger partial charge is 0.316 e. The molecular formula is C26H25F5N8. The number of nitrogens with zero attached hydrogens (tertiary/aromatic N) is 7. The molecule has 1 atom stereocenters. The van der Waals surface area contributed by atoms with Gasteiger partial charge in [0, 0.05) is 50.9 Å². The molecule has 13 heteroatoms. The van der Waals surface area contributed by atoms with E-state index >= 15 is 0 Å². The number of aromatic nitrogens is 5. The summed E-state index contributed by atoms with van der Waals surface area (Å²) in [5, 5.41) is 2.91. The van der Waals surface area contributed by atoms with Gasteiger partial charge < -0.3 is 14.8 Å². The van der Waals surface area contributed by atoms with Crippen LogP contribution in [-0.4, -0.2) is 73.7 Å². The van der Waals surface area contributed by atoms with Crippen LogP contribution in [0.5, 0.6) is 0 Å². The molecule has 204 valence electrons. The predicted molar refractivity (Wildman–Crippen MR) is 134 cm³/mol. The van der Waals surface area contributed by atoms with E-state index in [0.29, 0.717) is 5.82 Å². The number of benzene rings is 1. The fraction of sp³-hybridized carbons (Fsp3) is 0.385. The summed E-state index contributed by atoms with van der Waals surface area (Å²) in [5.74, 6) is -1.11. The Hall–Kier alpha value is -3.71. The van der Waals surface area contributed by atoms with E-state index in [0.717, 1.165) is 55.1 Å². The molecule has 1 fully saturated rings. The van der Waals surface area contributed by atoms with E-state index in [1.54, 1.807) is 12.3 Å². The van der Waals surface area contributed by atoms with Crippen molar-refractivity contribution >= 4 is 22.8 Å². The number of rotatable bonds is 5. The van der Waals surface area contributed by atoms with Crippen molar-refractivity contribution in [3.8, 4) is 11.3 Å².